The van der Waals surface area contributed by atoms with E-state index in [0.717, 1.165) is 11.3 Å². The molecule has 0 aromatic heterocycles. The molecule has 1 aromatic carbocycles. The lowest BCUT2D eigenvalue weighted by molar-refractivity contribution is -0.117. The Morgan fingerprint density at radius 3 is 2.54 bits per heavy atom. The van der Waals surface area contributed by atoms with E-state index in [1.165, 1.54) is 5.01 Å². The summed E-state index contributed by atoms with van der Waals surface area (Å²) >= 11 is 0. The molecule has 7 nitrogen and oxygen atoms in total. The second-order valence-corrected chi connectivity index (χ2v) is 5.74. The first-order valence-electron chi connectivity index (χ1n) is 7.53. The number of amidine groups is 1. The van der Waals surface area contributed by atoms with Crippen molar-refractivity contribution in [2.75, 3.05) is 19.0 Å². The van der Waals surface area contributed by atoms with Gasteiger partial charge in [0.2, 0.25) is 0 Å². The summed E-state index contributed by atoms with van der Waals surface area (Å²) in [6, 6.07) is 8.11. The van der Waals surface area contributed by atoms with Gasteiger partial charge in [-0.1, -0.05) is 18.2 Å². The molecule has 2 heterocycles. The second kappa shape index (κ2) is 6.19. The third-order valence-corrected chi connectivity index (χ3v) is 3.67. The smallest absolute Gasteiger partial charge is 0.256 e. The van der Waals surface area contributed by atoms with Crippen LogP contribution in [0, 0.1) is 5.41 Å². The van der Waals surface area contributed by atoms with Gasteiger partial charge in [0.15, 0.2) is 0 Å². The number of fused-ring (bicyclic) bond motifs is 1. The quantitative estimate of drug-likeness (QED) is 0.925. The van der Waals surface area contributed by atoms with Crippen molar-refractivity contribution in [2.45, 2.75) is 13.3 Å². The van der Waals surface area contributed by atoms with Crippen LogP contribution in [0.4, 0.5) is 5.69 Å². The van der Waals surface area contributed by atoms with Gasteiger partial charge in [0.1, 0.15) is 5.84 Å². The molecular formula is C17H18N6O. The first-order chi connectivity index (χ1) is 11.4. The van der Waals surface area contributed by atoms with Crippen LogP contribution in [0.15, 0.2) is 45.4 Å². The maximum atomic E-state index is 11.5. The van der Waals surface area contributed by atoms with Crippen molar-refractivity contribution in [2.24, 2.45) is 15.1 Å². The molecule has 1 aromatic rings. The van der Waals surface area contributed by atoms with Crippen LogP contribution in [0.2, 0.25) is 0 Å². The van der Waals surface area contributed by atoms with Gasteiger partial charge in [-0.2, -0.15) is 15.1 Å². The van der Waals surface area contributed by atoms with Crippen LogP contribution in [-0.4, -0.2) is 48.2 Å². The van der Waals surface area contributed by atoms with Crippen LogP contribution in [0.5, 0.6) is 0 Å². The average Bonchev–Trinajstić information content (AvgIpc) is 2.54. The zero-order chi connectivity index (χ0) is 17.3. The van der Waals surface area contributed by atoms with Gasteiger partial charge in [-0.15, -0.1) is 0 Å². The highest BCUT2D eigenvalue weighted by Crippen LogP contribution is 2.16. The van der Waals surface area contributed by atoms with Crippen molar-refractivity contribution in [3.05, 3.63) is 35.9 Å². The van der Waals surface area contributed by atoms with Gasteiger partial charge < -0.3 is 4.90 Å². The van der Waals surface area contributed by atoms with E-state index < -0.39 is 0 Å². The molecule has 1 amide bonds. The van der Waals surface area contributed by atoms with Crippen molar-refractivity contribution in [1.29, 1.82) is 5.41 Å². The number of carbonyl (C=O) groups is 1. The van der Waals surface area contributed by atoms with E-state index >= 15 is 0 Å². The fraction of sp³-hybridized carbons (Fsp3) is 0.235. The predicted molar refractivity (Wildman–Crippen MR) is 97.0 cm³/mol. The Labute approximate surface area is 140 Å². The fourth-order valence-corrected chi connectivity index (χ4v) is 2.32. The van der Waals surface area contributed by atoms with Gasteiger partial charge in [0.25, 0.3) is 11.9 Å². The molecular weight excluding hydrogens is 304 g/mol. The number of hydrazone groups is 1. The molecule has 0 aliphatic carbocycles. The number of benzene rings is 1. The average molecular weight is 322 g/mol. The van der Waals surface area contributed by atoms with Crippen LogP contribution in [-0.2, 0) is 4.79 Å². The number of carbonyl (C=O) groups excluding carboxylic acids is 1. The zero-order valence-corrected chi connectivity index (χ0v) is 13.8. The number of guanidine groups is 1. The van der Waals surface area contributed by atoms with Crippen LogP contribution >= 0.6 is 0 Å². The minimum Gasteiger partial charge on any atom is -0.378 e. The summed E-state index contributed by atoms with van der Waals surface area (Å²) in [5, 5.41) is 13.4. The van der Waals surface area contributed by atoms with Crippen molar-refractivity contribution in [3.63, 3.8) is 0 Å². The van der Waals surface area contributed by atoms with Crippen LogP contribution in [0.3, 0.4) is 0 Å². The summed E-state index contributed by atoms with van der Waals surface area (Å²) in [4.78, 5) is 21.7. The highest BCUT2D eigenvalue weighted by atomic mass is 16.1. The molecule has 0 fully saturated rings. The van der Waals surface area contributed by atoms with Crippen molar-refractivity contribution in [1.82, 2.24) is 5.01 Å². The van der Waals surface area contributed by atoms with E-state index in [-0.39, 0.29) is 24.1 Å². The molecule has 0 saturated carbocycles. The first kappa shape index (κ1) is 15.8. The molecule has 0 radical (unpaired) electrons. The normalized spacial score (nSPS) is 17.5. The van der Waals surface area contributed by atoms with E-state index in [2.05, 4.69) is 15.1 Å². The number of nitrogens with one attached hydrogen (secondary N) is 1. The number of amides is 1. The highest BCUT2D eigenvalue weighted by Gasteiger charge is 2.28. The van der Waals surface area contributed by atoms with Gasteiger partial charge in [-0.25, -0.2) is 4.99 Å². The maximum Gasteiger partial charge on any atom is 0.256 e. The number of allylic oxidation sites excluding steroid dienone is 1. The third kappa shape index (κ3) is 3.15. The van der Waals surface area contributed by atoms with Crippen molar-refractivity contribution < 1.29 is 4.79 Å². The second-order valence-electron chi connectivity index (χ2n) is 5.74. The molecule has 0 bridgehead atoms. The minimum absolute atomic E-state index is 0.0425. The molecule has 2 aliphatic rings. The Morgan fingerprint density at radius 1 is 1.17 bits per heavy atom. The summed E-state index contributed by atoms with van der Waals surface area (Å²) in [6.45, 7) is 1.82. The Morgan fingerprint density at radius 2 is 1.88 bits per heavy atom. The van der Waals surface area contributed by atoms with Crippen molar-refractivity contribution in [3.8, 4) is 0 Å². The summed E-state index contributed by atoms with van der Waals surface area (Å²) < 4.78 is 0. The Bertz CT molecular complexity index is 814. The Balaban J connectivity index is 1.84. The summed E-state index contributed by atoms with van der Waals surface area (Å²) in [7, 11) is 3.99. The maximum absolute atomic E-state index is 11.5. The lowest BCUT2D eigenvalue weighted by Crippen LogP contribution is -2.41. The molecule has 7 heteroatoms. The molecule has 2 aliphatic heterocycles. The largest absolute Gasteiger partial charge is 0.378 e. The molecule has 0 unspecified atom stereocenters. The number of anilines is 1. The lowest BCUT2D eigenvalue weighted by atomic mass is 10.1. The Kier molecular flexibility index (Phi) is 4.07. The minimum atomic E-state index is -0.368. The number of hydrogen-bond donors (Lipinski definition) is 1. The Hall–Kier alpha value is -3.09. The SMILES string of the molecule is CC1=NN2C(=N)CC(=O)N=C2N=C1/C=C/c1ccc(N(C)C)cc1. The van der Waals surface area contributed by atoms with Gasteiger partial charge >= 0.3 is 0 Å². The molecule has 1 N–H and O–H groups in total. The topological polar surface area (TPSA) is 84.5 Å². The summed E-state index contributed by atoms with van der Waals surface area (Å²) in [5.74, 6) is -0.118. The van der Waals surface area contributed by atoms with Gasteiger partial charge in [0.05, 0.1) is 17.8 Å². The van der Waals surface area contributed by atoms with Crippen LogP contribution in [0.1, 0.15) is 18.9 Å². The van der Waals surface area contributed by atoms with E-state index in [9.17, 15) is 4.79 Å². The third-order valence-electron chi connectivity index (χ3n) is 3.67. The molecule has 0 atom stereocenters. The van der Waals surface area contributed by atoms with Gasteiger partial charge in [0, 0.05) is 19.8 Å². The zero-order valence-electron chi connectivity index (χ0n) is 13.8. The molecule has 122 valence electrons. The number of rotatable bonds is 3. The van der Waals surface area contributed by atoms with E-state index in [1.54, 1.807) is 0 Å². The fourth-order valence-electron chi connectivity index (χ4n) is 2.32. The standard InChI is InChI=1S/C17H18N6O/c1-11-14(9-6-12-4-7-13(8-5-12)22(2)3)19-17-20-16(24)10-15(18)23(17)21-11/h4-9,18H,10H2,1-3H3/b9-6+,18-15?. The molecule has 24 heavy (non-hydrogen) atoms. The van der Waals surface area contributed by atoms with Crippen LogP contribution in [0.25, 0.3) is 6.08 Å². The van der Waals surface area contributed by atoms with Gasteiger partial charge in [-0.3, -0.25) is 10.2 Å². The number of aliphatic imine (C=N–C) groups is 2. The van der Waals surface area contributed by atoms with E-state index in [4.69, 9.17) is 5.41 Å². The molecule has 0 spiro atoms. The van der Waals surface area contributed by atoms with E-state index in [1.807, 2.05) is 62.3 Å². The lowest BCUT2D eigenvalue weighted by Gasteiger charge is -2.25. The highest BCUT2D eigenvalue weighted by molar-refractivity contribution is 6.49. The monoisotopic (exact) mass is 322 g/mol. The number of nitrogens with zero attached hydrogens (tertiary/aromatic N) is 5. The van der Waals surface area contributed by atoms with Crippen LogP contribution < -0.4 is 4.90 Å². The first-order valence-corrected chi connectivity index (χ1v) is 7.53. The molecule has 0 saturated heterocycles. The van der Waals surface area contributed by atoms with Gasteiger partial charge in [-0.05, 0) is 30.7 Å². The molecule has 3 rings (SSSR count). The summed E-state index contributed by atoms with van der Waals surface area (Å²) in [6.07, 6.45) is 3.73. The predicted octanol–water partition coefficient (Wildman–Crippen LogP) is 2.16. The van der Waals surface area contributed by atoms with E-state index in [0.29, 0.717) is 11.4 Å². The van der Waals surface area contributed by atoms with Crippen molar-refractivity contribution >= 4 is 40.9 Å². The summed E-state index contributed by atoms with van der Waals surface area (Å²) in [5.41, 5.74) is 3.47. The number of hydrogen-bond acceptors (Lipinski definition) is 5.